The van der Waals surface area contributed by atoms with Crippen LogP contribution in [0.2, 0.25) is 0 Å². The number of halogens is 3. The van der Waals surface area contributed by atoms with E-state index < -0.39 is 22.2 Å². The molecule has 2 aliphatic heterocycles. The molecule has 3 heterocycles. The quantitative estimate of drug-likeness (QED) is 0.461. The monoisotopic (exact) mass is 360 g/mol. The summed E-state index contributed by atoms with van der Waals surface area (Å²) >= 11 is 18.8. The van der Waals surface area contributed by atoms with Crippen LogP contribution in [0.3, 0.4) is 0 Å². The zero-order valence-corrected chi connectivity index (χ0v) is 13.7. The molecule has 0 spiro atoms. The third-order valence-electron chi connectivity index (χ3n) is 3.54. The van der Waals surface area contributed by atoms with Crippen LogP contribution in [0, 0.1) is 0 Å². The molecule has 1 aromatic rings. The number of aromatic nitrogens is 1. The number of nitrogens with zero attached hydrogens (tertiary/aromatic N) is 2. The van der Waals surface area contributed by atoms with Gasteiger partial charge in [-0.1, -0.05) is 11.6 Å². The van der Waals surface area contributed by atoms with Crippen LogP contribution in [-0.4, -0.2) is 44.6 Å². The van der Waals surface area contributed by atoms with Gasteiger partial charge in [0.1, 0.15) is 11.2 Å². The number of rotatable bonds is 2. The number of fused-ring (bicyclic) bond motifs is 3. The fourth-order valence-corrected chi connectivity index (χ4v) is 3.57. The predicted molar refractivity (Wildman–Crippen MR) is 82.9 cm³/mol. The molecule has 0 radical (unpaired) electrons. The molecule has 0 fully saturated rings. The molecule has 22 heavy (non-hydrogen) atoms. The van der Waals surface area contributed by atoms with Crippen molar-refractivity contribution in [3.05, 3.63) is 35.2 Å². The Kier molecular flexibility index (Phi) is 4.05. The number of carbonyl (C=O) groups is 2. The molecule has 0 bridgehead atoms. The Balaban J connectivity index is 2.26. The second kappa shape index (κ2) is 5.72. The third-order valence-corrected chi connectivity index (χ3v) is 5.24. The second-order valence-electron chi connectivity index (χ2n) is 4.78. The highest BCUT2D eigenvalue weighted by Gasteiger charge is 2.50. The number of carbonyl (C=O) groups excluding carboxylic acids is 2. The maximum absolute atomic E-state index is 12.5. The average Bonchev–Trinajstić information content (AvgIpc) is 2.79. The van der Waals surface area contributed by atoms with Gasteiger partial charge in [-0.15, -0.1) is 23.2 Å². The van der Waals surface area contributed by atoms with E-state index in [1.807, 2.05) is 0 Å². The first-order chi connectivity index (χ1) is 10.5. The number of esters is 1. The van der Waals surface area contributed by atoms with Crippen molar-refractivity contribution in [2.75, 3.05) is 6.61 Å². The summed E-state index contributed by atoms with van der Waals surface area (Å²) in [5.41, 5.74) is 0.260. The van der Waals surface area contributed by atoms with E-state index in [0.29, 0.717) is 11.3 Å². The van der Waals surface area contributed by atoms with Gasteiger partial charge in [0.25, 0.3) is 5.91 Å². The van der Waals surface area contributed by atoms with Gasteiger partial charge in [0.2, 0.25) is 0 Å². The lowest BCUT2D eigenvalue weighted by Gasteiger charge is -2.36. The van der Waals surface area contributed by atoms with Gasteiger partial charge < -0.3 is 4.74 Å². The van der Waals surface area contributed by atoms with Crippen LogP contribution in [-0.2, 0) is 9.53 Å². The minimum absolute atomic E-state index is 0.117. The summed E-state index contributed by atoms with van der Waals surface area (Å²) in [6, 6.07) is 3.26. The van der Waals surface area contributed by atoms with Gasteiger partial charge in [-0.3, -0.25) is 14.7 Å². The van der Waals surface area contributed by atoms with Crippen LogP contribution in [0.25, 0.3) is 5.70 Å². The van der Waals surface area contributed by atoms with Gasteiger partial charge in [0, 0.05) is 6.20 Å². The fraction of sp³-hybridized carbons (Fsp3) is 0.357. The van der Waals surface area contributed by atoms with Crippen LogP contribution in [0.4, 0.5) is 0 Å². The summed E-state index contributed by atoms with van der Waals surface area (Å²) in [4.78, 5) is 30.3. The first-order valence-electron chi connectivity index (χ1n) is 6.61. The maximum Gasteiger partial charge on any atom is 0.337 e. The summed E-state index contributed by atoms with van der Waals surface area (Å²) in [7, 11) is 0. The van der Waals surface area contributed by atoms with Crippen molar-refractivity contribution in [1.29, 1.82) is 0 Å². The molecule has 8 heteroatoms. The zero-order valence-electron chi connectivity index (χ0n) is 11.4. The number of amides is 1. The van der Waals surface area contributed by atoms with E-state index in [1.165, 1.54) is 11.1 Å². The summed E-state index contributed by atoms with van der Waals surface area (Å²) in [5.74, 6) is -0.975. The van der Waals surface area contributed by atoms with Crippen molar-refractivity contribution >= 4 is 52.4 Å². The van der Waals surface area contributed by atoms with E-state index >= 15 is 0 Å². The molecule has 116 valence electrons. The van der Waals surface area contributed by atoms with Crippen LogP contribution in [0.15, 0.2) is 23.9 Å². The van der Waals surface area contributed by atoms with Gasteiger partial charge in [-0.05, 0) is 19.1 Å². The summed E-state index contributed by atoms with van der Waals surface area (Å²) in [5, 5.41) is -1.71. The Morgan fingerprint density at radius 1 is 1.41 bits per heavy atom. The molecule has 0 aromatic carbocycles. The number of ether oxygens (including phenoxy) is 1. The number of alkyl halides is 3. The van der Waals surface area contributed by atoms with E-state index in [2.05, 4.69) is 4.98 Å². The molecule has 0 saturated carbocycles. The smallest absolute Gasteiger partial charge is 0.337 e. The maximum atomic E-state index is 12.5. The highest BCUT2D eigenvalue weighted by atomic mass is 35.5. The molecule has 3 atom stereocenters. The Morgan fingerprint density at radius 2 is 2.14 bits per heavy atom. The molecular weight excluding hydrogens is 351 g/mol. The fourth-order valence-electron chi connectivity index (χ4n) is 2.59. The molecule has 0 saturated heterocycles. The first-order valence-corrected chi connectivity index (χ1v) is 7.92. The lowest BCUT2D eigenvalue weighted by atomic mass is 10.0. The minimum atomic E-state index is -0.879. The molecule has 1 amide bonds. The van der Waals surface area contributed by atoms with Gasteiger partial charge in [0.15, 0.2) is 0 Å². The molecule has 0 N–H and O–H groups in total. The number of hydrogen-bond donors (Lipinski definition) is 0. The largest absolute Gasteiger partial charge is 0.463 e. The normalized spacial score (nSPS) is 26.8. The Hall–Kier alpha value is -1.30. The zero-order chi connectivity index (χ0) is 16.0. The Labute approximate surface area is 141 Å². The van der Waals surface area contributed by atoms with Crippen molar-refractivity contribution in [2.45, 2.75) is 23.2 Å². The van der Waals surface area contributed by atoms with E-state index in [9.17, 15) is 9.59 Å². The van der Waals surface area contributed by atoms with E-state index in [4.69, 9.17) is 39.5 Å². The molecule has 5 nitrogen and oxygen atoms in total. The van der Waals surface area contributed by atoms with Crippen molar-refractivity contribution in [1.82, 2.24) is 9.88 Å². The minimum Gasteiger partial charge on any atom is -0.463 e. The predicted octanol–water partition coefficient (Wildman–Crippen LogP) is 2.60. The first kappa shape index (κ1) is 15.6. The Bertz CT molecular complexity index is 692. The van der Waals surface area contributed by atoms with Crippen LogP contribution in [0.5, 0.6) is 0 Å². The highest BCUT2D eigenvalue weighted by molar-refractivity contribution is 6.39. The number of pyridine rings is 1. The summed E-state index contributed by atoms with van der Waals surface area (Å²) < 4.78 is 5.05. The molecule has 2 aliphatic rings. The summed E-state index contributed by atoms with van der Waals surface area (Å²) in [6.07, 6.45) is 1.53. The number of hydrogen-bond acceptors (Lipinski definition) is 4. The molecule has 0 unspecified atom stereocenters. The molecule has 3 rings (SSSR count). The molecular formula is C14H11Cl3N2O3. The van der Waals surface area contributed by atoms with Crippen molar-refractivity contribution in [2.24, 2.45) is 0 Å². The molecule has 0 aliphatic carbocycles. The second-order valence-corrected chi connectivity index (χ2v) is 6.20. The van der Waals surface area contributed by atoms with Gasteiger partial charge in [-0.25, -0.2) is 4.79 Å². The highest BCUT2D eigenvalue weighted by Crippen LogP contribution is 2.45. The van der Waals surface area contributed by atoms with Crippen molar-refractivity contribution in [3.63, 3.8) is 0 Å². The van der Waals surface area contributed by atoms with Crippen LogP contribution >= 0.6 is 34.8 Å². The van der Waals surface area contributed by atoms with Gasteiger partial charge >= 0.3 is 5.97 Å². The lowest BCUT2D eigenvalue weighted by molar-refractivity contribution is -0.138. The summed E-state index contributed by atoms with van der Waals surface area (Å²) in [6.45, 7) is 1.86. The van der Waals surface area contributed by atoms with Gasteiger partial charge in [-0.2, -0.15) is 0 Å². The molecule has 1 aromatic heterocycles. The van der Waals surface area contributed by atoms with Crippen LogP contribution in [0.1, 0.15) is 23.0 Å². The van der Waals surface area contributed by atoms with Gasteiger partial charge in [0.05, 0.1) is 34.2 Å². The Morgan fingerprint density at radius 3 is 2.82 bits per heavy atom. The topological polar surface area (TPSA) is 59.5 Å². The standard InChI is InChI=1S/C14H11Cl3N2O3/c1-2-22-14(21)7-8(15)9(16)12(17)19-11(7)10-6(13(19)20)4-3-5-18-10/h3-5,8-9,12H,2H2,1H3/t8-,9+,12-/m0/s1. The third kappa shape index (κ3) is 2.11. The SMILES string of the molecule is CCOC(=O)C1=C2c3ncccc3C(=O)N2[C@H](Cl)[C@H](Cl)[C@H]1Cl. The van der Waals surface area contributed by atoms with Crippen LogP contribution < -0.4 is 0 Å². The van der Waals surface area contributed by atoms with E-state index in [1.54, 1.807) is 19.1 Å². The van der Waals surface area contributed by atoms with E-state index in [0.717, 1.165) is 0 Å². The average molecular weight is 362 g/mol. The van der Waals surface area contributed by atoms with Crippen molar-refractivity contribution in [3.8, 4) is 0 Å². The van der Waals surface area contributed by atoms with E-state index in [-0.39, 0.29) is 23.8 Å². The van der Waals surface area contributed by atoms with Crippen molar-refractivity contribution < 1.29 is 14.3 Å². The lowest BCUT2D eigenvalue weighted by Crippen LogP contribution is -2.47.